The fourth-order valence-electron chi connectivity index (χ4n) is 14.4. The second-order valence-electron chi connectivity index (χ2n) is 20.1. The largest absolute Gasteiger partial charge is 0.310 e. The maximum Gasteiger partial charge on any atom is 0.0465 e. The number of nitrogens with zero attached hydrogens (tertiary/aromatic N) is 1. The Labute approximate surface area is 349 Å². The highest BCUT2D eigenvalue weighted by molar-refractivity contribution is 5.91. The van der Waals surface area contributed by atoms with Crippen LogP contribution in [0.2, 0.25) is 0 Å². The van der Waals surface area contributed by atoms with Gasteiger partial charge in [0.05, 0.1) is 0 Å². The highest BCUT2D eigenvalue weighted by atomic mass is 15.1. The smallest absolute Gasteiger partial charge is 0.0465 e. The first-order chi connectivity index (χ1) is 28.7. The molecule has 1 heteroatoms. The molecule has 0 radical (unpaired) electrons. The van der Waals surface area contributed by atoms with E-state index in [-0.39, 0.29) is 16.2 Å². The van der Waals surface area contributed by atoms with E-state index in [2.05, 4.69) is 184 Å². The van der Waals surface area contributed by atoms with E-state index in [0.29, 0.717) is 0 Å². The molecule has 7 aliphatic rings. The summed E-state index contributed by atoms with van der Waals surface area (Å²) in [6.45, 7) is 9.60. The third-order valence-electron chi connectivity index (χ3n) is 16.6. The summed E-state index contributed by atoms with van der Waals surface area (Å²) in [7, 11) is 0. The van der Waals surface area contributed by atoms with Gasteiger partial charge >= 0.3 is 0 Å². The summed E-state index contributed by atoms with van der Waals surface area (Å²) in [5, 5.41) is 0. The van der Waals surface area contributed by atoms with Crippen molar-refractivity contribution in [3.63, 3.8) is 0 Å². The fraction of sp³-hybridized carbons (Fsp3) is 0.276. The van der Waals surface area contributed by atoms with Crippen molar-refractivity contribution in [1.82, 2.24) is 0 Å². The molecule has 0 amide bonds. The highest BCUT2D eigenvalue weighted by Crippen LogP contribution is 2.69. The Hall–Kier alpha value is -5.66. The van der Waals surface area contributed by atoms with Crippen molar-refractivity contribution in [3.8, 4) is 44.5 Å². The Balaban J connectivity index is 0.985. The van der Waals surface area contributed by atoms with Gasteiger partial charge < -0.3 is 4.90 Å². The van der Waals surface area contributed by atoms with Gasteiger partial charge in [0, 0.05) is 33.3 Å². The lowest BCUT2D eigenvalue weighted by Crippen LogP contribution is -2.55. The van der Waals surface area contributed by atoms with E-state index in [1.165, 1.54) is 116 Å². The lowest BCUT2D eigenvalue weighted by Gasteiger charge is -2.61. The van der Waals surface area contributed by atoms with E-state index >= 15 is 0 Å². The summed E-state index contributed by atoms with van der Waals surface area (Å²) < 4.78 is 0. The Morgan fingerprint density at radius 1 is 0.373 bits per heavy atom. The first-order valence-electron chi connectivity index (χ1n) is 22.4. The minimum absolute atomic E-state index is 0.0715. The second kappa shape index (κ2) is 11.8. The van der Waals surface area contributed by atoms with Crippen LogP contribution in [-0.4, -0.2) is 0 Å². The van der Waals surface area contributed by atoms with E-state index in [0.717, 1.165) is 23.7 Å². The molecule has 14 rings (SSSR count). The van der Waals surface area contributed by atoms with Crippen molar-refractivity contribution in [3.05, 3.63) is 185 Å². The Morgan fingerprint density at radius 2 is 0.831 bits per heavy atom. The average molecular weight is 762 g/mol. The van der Waals surface area contributed by atoms with Gasteiger partial charge in [0.1, 0.15) is 0 Å². The zero-order chi connectivity index (χ0) is 39.4. The standard InChI is InChI=1S/C58H51N/c1-56(2)50-17-8-5-12-44(50)47-26-24-41(33-53(47)56)59(40-22-20-37(21-23-40)43-15-11-16-49-46-14-6-9-18-51(46)57(3,4)55(43)49)42-25-27-48-45-13-7-10-19-52(45)58(54(48)34-42)38-29-35-28-36(31-38)32-39(58)30-35/h5-27,33-36,38-39H,28-32H2,1-4H3. The molecule has 0 aromatic heterocycles. The van der Waals surface area contributed by atoms with Gasteiger partial charge in [0.2, 0.25) is 0 Å². The SMILES string of the molecule is CC1(C)c2ccccc2-c2ccc(N(c3ccc(-c4cccc5c4C(C)(C)c4ccccc4-5)cc3)c3ccc4c(c3)C3(c5ccccc5-4)C4CC5CC(C4)CC3C5)cc21. The Morgan fingerprint density at radius 3 is 1.47 bits per heavy atom. The highest BCUT2D eigenvalue weighted by Gasteiger charge is 2.61. The third kappa shape index (κ3) is 4.41. The molecule has 0 N–H and O–H groups in total. The van der Waals surface area contributed by atoms with Crippen LogP contribution in [-0.2, 0) is 16.2 Å². The van der Waals surface area contributed by atoms with Crippen molar-refractivity contribution >= 4 is 17.1 Å². The summed E-state index contributed by atoms with van der Waals surface area (Å²) in [5.41, 5.74) is 23.6. The third-order valence-corrected chi connectivity index (χ3v) is 16.6. The summed E-state index contributed by atoms with van der Waals surface area (Å²) in [4.78, 5) is 2.57. The van der Waals surface area contributed by atoms with Crippen molar-refractivity contribution in [1.29, 1.82) is 0 Å². The van der Waals surface area contributed by atoms with Gasteiger partial charge in [-0.25, -0.2) is 0 Å². The molecule has 4 bridgehead atoms. The van der Waals surface area contributed by atoms with Gasteiger partial charge in [0.25, 0.3) is 0 Å². The van der Waals surface area contributed by atoms with E-state index in [9.17, 15) is 0 Å². The number of fused-ring (bicyclic) bond motifs is 9. The van der Waals surface area contributed by atoms with Crippen LogP contribution in [0.4, 0.5) is 17.1 Å². The van der Waals surface area contributed by atoms with E-state index < -0.39 is 0 Å². The van der Waals surface area contributed by atoms with E-state index in [1.807, 2.05) is 0 Å². The van der Waals surface area contributed by atoms with Gasteiger partial charge in [-0.15, -0.1) is 0 Å². The predicted molar refractivity (Wildman–Crippen MR) is 245 cm³/mol. The number of anilines is 3. The minimum atomic E-state index is -0.0838. The van der Waals surface area contributed by atoms with E-state index in [1.54, 1.807) is 11.1 Å². The van der Waals surface area contributed by atoms with Gasteiger partial charge in [-0.05, 0) is 170 Å². The molecule has 59 heavy (non-hydrogen) atoms. The molecule has 1 nitrogen and oxygen atoms in total. The Kier molecular flexibility index (Phi) is 6.82. The molecule has 0 atom stereocenters. The lowest BCUT2D eigenvalue weighted by atomic mass is 9.43. The van der Waals surface area contributed by atoms with Gasteiger partial charge in [0.15, 0.2) is 0 Å². The number of hydrogen-bond donors (Lipinski definition) is 0. The number of benzene rings is 7. The molecule has 0 unspecified atom stereocenters. The number of hydrogen-bond acceptors (Lipinski definition) is 1. The van der Waals surface area contributed by atoms with Gasteiger partial charge in [-0.1, -0.05) is 143 Å². The minimum Gasteiger partial charge on any atom is -0.310 e. The molecule has 0 aliphatic heterocycles. The maximum absolute atomic E-state index is 2.66. The van der Waals surface area contributed by atoms with Crippen LogP contribution in [0, 0.1) is 23.7 Å². The lowest BCUT2D eigenvalue weighted by molar-refractivity contribution is -0.0399. The first-order valence-corrected chi connectivity index (χ1v) is 22.4. The number of rotatable bonds is 4. The first kappa shape index (κ1) is 34.2. The summed E-state index contributed by atoms with van der Waals surface area (Å²) in [6.07, 6.45) is 7.03. The molecular weight excluding hydrogens is 711 g/mol. The van der Waals surface area contributed by atoms with Crippen LogP contribution >= 0.6 is 0 Å². The molecule has 0 saturated heterocycles. The van der Waals surface area contributed by atoms with Crippen LogP contribution in [0.25, 0.3) is 44.5 Å². The molecule has 7 aromatic rings. The van der Waals surface area contributed by atoms with Crippen molar-refractivity contribution in [2.45, 2.75) is 76.0 Å². The quantitative estimate of drug-likeness (QED) is 0.173. The maximum atomic E-state index is 2.66. The molecular formula is C58H51N. The van der Waals surface area contributed by atoms with Gasteiger partial charge in [-0.3, -0.25) is 0 Å². The van der Waals surface area contributed by atoms with Crippen LogP contribution in [0.3, 0.4) is 0 Å². The van der Waals surface area contributed by atoms with Crippen molar-refractivity contribution in [2.24, 2.45) is 23.7 Å². The molecule has 0 heterocycles. The molecule has 7 aliphatic carbocycles. The topological polar surface area (TPSA) is 3.24 Å². The Bertz CT molecular complexity index is 2880. The zero-order valence-electron chi connectivity index (χ0n) is 34.7. The van der Waals surface area contributed by atoms with E-state index in [4.69, 9.17) is 0 Å². The molecule has 4 fully saturated rings. The van der Waals surface area contributed by atoms with Crippen LogP contribution < -0.4 is 4.90 Å². The predicted octanol–water partition coefficient (Wildman–Crippen LogP) is 15.2. The van der Waals surface area contributed by atoms with Gasteiger partial charge in [-0.2, -0.15) is 0 Å². The normalized spacial score (nSPS) is 24.9. The fourth-order valence-corrected chi connectivity index (χ4v) is 14.4. The summed E-state index contributed by atoms with van der Waals surface area (Å²) in [6, 6.07) is 58.8. The second-order valence-corrected chi connectivity index (χ2v) is 20.1. The van der Waals surface area contributed by atoms with Crippen molar-refractivity contribution in [2.75, 3.05) is 4.90 Å². The summed E-state index contributed by atoms with van der Waals surface area (Å²) in [5.74, 6) is 3.29. The molecule has 7 aromatic carbocycles. The molecule has 4 saturated carbocycles. The van der Waals surface area contributed by atoms with Crippen LogP contribution in [0.1, 0.15) is 93.2 Å². The zero-order valence-corrected chi connectivity index (χ0v) is 34.7. The molecule has 288 valence electrons. The van der Waals surface area contributed by atoms with Crippen LogP contribution in [0.5, 0.6) is 0 Å². The monoisotopic (exact) mass is 761 g/mol. The molecule has 1 spiro atoms. The van der Waals surface area contributed by atoms with Crippen LogP contribution in [0.15, 0.2) is 152 Å². The summed E-state index contributed by atoms with van der Waals surface area (Å²) >= 11 is 0. The van der Waals surface area contributed by atoms with Crippen molar-refractivity contribution < 1.29 is 0 Å². The average Bonchev–Trinajstić information content (AvgIpc) is 3.78.